The van der Waals surface area contributed by atoms with Crippen LogP contribution in [0.1, 0.15) is 40.1 Å². The zero-order chi connectivity index (χ0) is 28.8. The summed E-state index contributed by atoms with van der Waals surface area (Å²) in [7, 11) is 0. The molecule has 4 aliphatic rings. The number of phenols is 4. The van der Waals surface area contributed by atoms with E-state index in [0.717, 1.165) is 18.2 Å². The van der Waals surface area contributed by atoms with E-state index in [1.54, 1.807) is 0 Å². The number of carbonyl (C=O) groups excluding carboxylic acids is 2. The van der Waals surface area contributed by atoms with Gasteiger partial charge >= 0.3 is 0 Å². The predicted octanol–water partition coefficient (Wildman–Crippen LogP) is 2.57. The number of carbonyl (C=O) groups is 2. The third-order valence-corrected chi connectivity index (χ3v) is 7.99. The largest absolute Gasteiger partial charge is 0.508 e. The maximum atomic E-state index is 14.3. The molecule has 0 amide bonds. The van der Waals surface area contributed by atoms with Crippen LogP contribution in [0.5, 0.6) is 28.7 Å². The molecule has 0 unspecified atom stereocenters. The van der Waals surface area contributed by atoms with Crippen LogP contribution < -0.4 is 4.74 Å². The number of Topliss-reactive ketones (excluding diaryl/α,β-unsaturated/α-hetero) is 1. The van der Waals surface area contributed by atoms with E-state index in [2.05, 4.69) is 0 Å². The lowest BCUT2D eigenvalue weighted by molar-refractivity contribution is -0.130. The Hall–Kier alpha value is -5.00. The summed E-state index contributed by atoms with van der Waals surface area (Å²) in [6.45, 7) is 0. The van der Waals surface area contributed by atoms with Crippen molar-refractivity contribution in [2.24, 2.45) is 0 Å². The number of ketones is 2. The van der Waals surface area contributed by atoms with E-state index in [0.29, 0.717) is 5.56 Å². The van der Waals surface area contributed by atoms with Gasteiger partial charge in [-0.3, -0.25) is 9.59 Å². The van der Waals surface area contributed by atoms with Crippen molar-refractivity contribution in [2.75, 3.05) is 0 Å². The number of phenolic OH excluding ortho intramolecular Hbond substituents is 4. The van der Waals surface area contributed by atoms with Crippen LogP contribution >= 0.6 is 0 Å². The number of allylic oxidation sites excluding steroid dienone is 1. The van der Waals surface area contributed by atoms with Gasteiger partial charge < -0.3 is 44.8 Å². The molecule has 1 saturated heterocycles. The Labute approximate surface area is 231 Å². The van der Waals surface area contributed by atoms with Gasteiger partial charge in [0, 0.05) is 30.2 Å². The molecule has 1 spiro atoms. The fourth-order valence-electron chi connectivity index (χ4n) is 6.10. The minimum Gasteiger partial charge on any atom is -0.508 e. The number of aromatic hydroxyl groups is 4. The van der Waals surface area contributed by atoms with Gasteiger partial charge in [0.1, 0.15) is 40.4 Å². The van der Waals surface area contributed by atoms with E-state index >= 15 is 0 Å². The Morgan fingerprint density at radius 2 is 1.44 bits per heavy atom. The van der Waals surface area contributed by atoms with E-state index in [4.69, 9.17) is 14.2 Å². The summed E-state index contributed by atoms with van der Waals surface area (Å²) in [6, 6.07) is 13.3. The van der Waals surface area contributed by atoms with Crippen molar-refractivity contribution in [3.63, 3.8) is 0 Å². The van der Waals surface area contributed by atoms with Gasteiger partial charge in [-0.15, -0.1) is 0 Å². The zero-order valence-corrected chi connectivity index (χ0v) is 21.0. The second kappa shape index (κ2) is 8.26. The molecule has 6 N–H and O–H groups in total. The van der Waals surface area contributed by atoms with E-state index in [9.17, 15) is 40.2 Å². The number of aliphatic hydroxyl groups excluding tert-OH is 1. The second-order valence-corrected chi connectivity index (χ2v) is 10.4. The summed E-state index contributed by atoms with van der Waals surface area (Å²) in [6.07, 6.45) is -3.02. The molecule has 3 aromatic carbocycles. The lowest BCUT2D eigenvalue weighted by Gasteiger charge is -2.48. The van der Waals surface area contributed by atoms with Gasteiger partial charge in [-0.1, -0.05) is 24.3 Å². The molecular formula is C30H22O11. The Morgan fingerprint density at radius 1 is 0.805 bits per heavy atom. The van der Waals surface area contributed by atoms with E-state index in [-0.39, 0.29) is 46.3 Å². The number of benzene rings is 3. The van der Waals surface area contributed by atoms with Crippen LogP contribution in [0.3, 0.4) is 0 Å². The van der Waals surface area contributed by atoms with Crippen LogP contribution in [0.15, 0.2) is 83.8 Å². The molecule has 11 heteroatoms. The molecule has 0 bridgehead atoms. The fraction of sp³-hybridized carbons (Fsp3) is 0.200. The third-order valence-electron chi connectivity index (χ3n) is 7.99. The van der Waals surface area contributed by atoms with Crippen molar-refractivity contribution in [1.82, 2.24) is 0 Å². The van der Waals surface area contributed by atoms with E-state index in [1.165, 1.54) is 48.5 Å². The highest BCUT2D eigenvalue weighted by Gasteiger charge is 2.78. The van der Waals surface area contributed by atoms with Gasteiger partial charge in [0.25, 0.3) is 5.60 Å². The van der Waals surface area contributed by atoms with Crippen LogP contribution in [0.2, 0.25) is 0 Å². The predicted molar refractivity (Wildman–Crippen MR) is 137 cm³/mol. The minimum absolute atomic E-state index is 0.0247. The first-order valence-electron chi connectivity index (χ1n) is 12.7. The zero-order valence-electron chi connectivity index (χ0n) is 21.0. The van der Waals surface area contributed by atoms with Crippen molar-refractivity contribution in [1.29, 1.82) is 0 Å². The smallest absolute Gasteiger partial charge is 0.262 e. The summed E-state index contributed by atoms with van der Waals surface area (Å²) in [5.74, 6) is -3.65. The summed E-state index contributed by atoms with van der Waals surface area (Å²) in [5, 5.41) is 64.0. The van der Waals surface area contributed by atoms with Crippen molar-refractivity contribution in [2.45, 2.75) is 35.9 Å². The van der Waals surface area contributed by atoms with Gasteiger partial charge in [0.05, 0.1) is 6.10 Å². The first-order valence-corrected chi connectivity index (χ1v) is 12.7. The molecule has 41 heavy (non-hydrogen) atoms. The van der Waals surface area contributed by atoms with E-state index < -0.39 is 58.1 Å². The number of hydrogen-bond donors (Lipinski definition) is 6. The van der Waals surface area contributed by atoms with Crippen molar-refractivity contribution >= 4 is 11.6 Å². The first-order chi connectivity index (χ1) is 19.5. The average Bonchev–Trinajstić information content (AvgIpc) is 3.19. The minimum atomic E-state index is -2.68. The number of hydrogen-bond acceptors (Lipinski definition) is 11. The molecule has 3 aliphatic heterocycles. The number of ether oxygens (including phenoxy) is 3. The standard InChI is InChI=1S/C30H22O11/c31-15-5-1-13(2-6-15)25-21(36)11-18-19(34)12-23-30(28(18)40-25)29(38,27(39-23)14-3-7-16(32)8-4-14)26(37)24-20(35)9-17(33)10-22(24)41-30/h1-10,12,21,25,27,31-33,35-36,38H,11H2/t21-,25-,27+,29-,30+/m1/s1. The molecule has 0 saturated carbocycles. The van der Waals surface area contributed by atoms with Gasteiger partial charge in [-0.25, -0.2) is 0 Å². The molecular weight excluding hydrogens is 536 g/mol. The summed E-state index contributed by atoms with van der Waals surface area (Å²) in [4.78, 5) is 27.6. The van der Waals surface area contributed by atoms with Gasteiger partial charge in [0.15, 0.2) is 23.4 Å². The third kappa shape index (κ3) is 3.21. The van der Waals surface area contributed by atoms with Crippen molar-refractivity contribution < 1.29 is 54.4 Å². The van der Waals surface area contributed by atoms with Gasteiger partial charge in [-0.05, 0) is 35.4 Å². The molecule has 0 aromatic heterocycles. The molecule has 208 valence electrons. The Kier molecular flexibility index (Phi) is 5.03. The molecule has 7 rings (SSSR count). The maximum Gasteiger partial charge on any atom is 0.262 e. The van der Waals surface area contributed by atoms with E-state index in [1.807, 2.05) is 0 Å². The Balaban J connectivity index is 1.49. The maximum absolute atomic E-state index is 14.3. The van der Waals surface area contributed by atoms with Gasteiger partial charge in [0.2, 0.25) is 11.4 Å². The Bertz CT molecular complexity index is 1710. The fourth-order valence-corrected chi connectivity index (χ4v) is 6.10. The lowest BCUT2D eigenvalue weighted by Crippen LogP contribution is -2.67. The Morgan fingerprint density at radius 3 is 2.10 bits per heavy atom. The van der Waals surface area contributed by atoms with Crippen LogP contribution in [0.4, 0.5) is 0 Å². The molecule has 5 atom stereocenters. The van der Waals surface area contributed by atoms with Crippen LogP contribution in [-0.4, -0.2) is 59.5 Å². The first kappa shape index (κ1) is 25.0. The second-order valence-electron chi connectivity index (χ2n) is 10.4. The quantitative estimate of drug-likeness (QED) is 0.272. The number of aliphatic hydroxyl groups is 2. The number of rotatable bonds is 2. The molecule has 1 aliphatic carbocycles. The number of fused-ring (bicyclic) bond motifs is 1. The van der Waals surface area contributed by atoms with Crippen LogP contribution in [0, 0.1) is 0 Å². The molecule has 1 fully saturated rings. The summed E-state index contributed by atoms with van der Waals surface area (Å²) in [5.41, 5.74) is -4.81. The highest BCUT2D eigenvalue weighted by Crippen LogP contribution is 2.63. The SMILES string of the molecule is O=C1C=C2O[C@@H](c3ccc(O)cc3)[C@]3(O)C(=O)c4c(O)cc(O)cc4O[C@]23C2=C1C[C@@H](O)[C@@H](c1ccc(O)cc1)O2. The highest BCUT2D eigenvalue weighted by molar-refractivity contribution is 6.13. The summed E-state index contributed by atoms with van der Waals surface area (Å²) < 4.78 is 18.7. The monoisotopic (exact) mass is 558 g/mol. The normalized spacial score (nSPS) is 29.7. The van der Waals surface area contributed by atoms with Crippen LogP contribution in [-0.2, 0) is 14.3 Å². The molecule has 3 heterocycles. The van der Waals surface area contributed by atoms with Gasteiger partial charge in [-0.2, -0.15) is 0 Å². The van der Waals surface area contributed by atoms with Crippen molar-refractivity contribution in [3.8, 4) is 28.7 Å². The summed E-state index contributed by atoms with van der Waals surface area (Å²) >= 11 is 0. The lowest BCUT2D eigenvalue weighted by atomic mass is 9.66. The molecule has 3 aromatic rings. The topological polar surface area (TPSA) is 183 Å². The molecule has 0 radical (unpaired) electrons. The van der Waals surface area contributed by atoms with Crippen LogP contribution in [0.25, 0.3) is 0 Å². The average molecular weight is 558 g/mol. The van der Waals surface area contributed by atoms with Crippen molar-refractivity contribution in [3.05, 3.63) is 101 Å². The highest BCUT2D eigenvalue weighted by atomic mass is 16.6. The molecule has 11 nitrogen and oxygen atoms in total.